The van der Waals surface area contributed by atoms with Gasteiger partial charge < -0.3 is 10.2 Å². The van der Waals surface area contributed by atoms with Gasteiger partial charge in [-0.2, -0.15) is 0 Å². The molecule has 0 bridgehead atoms. The average molecular weight is 242 g/mol. The number of hydrogen-bond donors (Lipinski definition) is 1. The van der Waals surface area contributed by atoms with Crippen LogP contribution in [-0.2, 0) is 4.79 Å². The van der Waals surface area contributed by atoms with E-state index >= 15 is 0 Å². The third-order valence-electron chi connectivity index (χ3n) is 2.19. The highest BCUT2D eigenvalue weighted by molar-refractivity contribution is 5.96. The van der Waals surface area contributed by atoms with Gasteiger partial charge in [0.05, 0.1) is 12.1 Å². The van der Waals surface area contributed by atoms with Crippen molar-refractivity contribution >= 4 is 11.8 Å². The van der Waals surface area contributed by atoms with Gasteiger partial charge in [0.2, 0.25) is 5.91 Å². The summed E-state index contributed by atoms with van der Waals surface area (Å²) in [5.41, 5.74) is -0.392. The first-order chi connectivity index (χ1) is 7.97. The van der Waals surface area contributed by atoms with Crippen molar-refractivity contribution in [3.63, 3.8) is 0 Å². The smallest absolute Gasteiger partial charge is 0.257 e. The molecule has 6 heteroatoms. The summed E-state index contributed by atoms with van der Waals surface area (Å²) in [4.78, 5) is 23.8. The molecule has 0 aromatic heterocycles. The molecule has 2 amide bonds. The minimum absolute atomic E-state index is 0.217. The van der Waals surface area contributed by atoms with Crippen LogP contribution in [0.3, 0.4) is 0 Å². The molecule has 0 saturated heterocycles. The van der Waals surface area contributed by atoms with E-state index in [0.29, 0.717) is 0 Å². The number of amides is 2. The van der Waals surface area contributed by atoms with Gasteiger partial charge in [0.1, 0.15) is 0 Å². The van der Waals surface area contributed by atoms with Crippen LogP contribution in [0.25, 0.3) is 0 Å². The number of likely N-dealkylation sites (N-methyl/N-ethyl adjacent to an activating group) is 2. The summed E-state index contributed by atoms with van der Waals surface area (Å²) in [7, 11) is 2.76. The maximum atomic E-state index is 13.3. The molecule has 0 fully saturated rings. The minimum Gasteiger partial charge on any atom is -0.358 e. The molecule has 0 aliphatic carbocycles. The fraction of sp³-hybridized carbons (Fsp3) is 0.273. The third kappa shape index (κ3) is 2.99. The summed E-state index contributed by atoms with van der Waals surface area (Å²) in [6, 6.07) is 3.32. The number of hydrogen-bond acceptors (Lipinski definition) is 2. The van der Waals surface area contributed by atoms with E-state index in [2.05, 4.69) is 5.32 Å². The van der Waals surface area contributed by atoms with E-state index in [1.54, 1.807) is 0 Å². The Morgan fingerprint density at radius 3 is 2.59 bits per heavy atom. The molecule has 0 unspecified atom stereocenters. The van der Waals surface area contributed by atoms with Gasteiger partial charge in [-0.25, -0.2) is 8.78 Å². The number of benzene rings is 1. The molecule has 0 aliphatic rings. The van der Waals surface area contributed by atoms with Crippen molar-refractivity contribution in [2.75, 3.05) is 20.6 Å². The summed E-state index contributed by atoms with van der Waals surface area (Å²) in [5.74, 6) is -3.44. The highest BCUT2D eigenvalue weighted by Crippen LogP contribution is 2.13. The summed E-state index contributed by atoms with van der Waals surface area (Å²) < 4.78 is 26.2. The van der Waals surface area contributed by atoms with E-state index < -0.39 is 29.0 Å². The van der Waals surface area contributed by atoms with Crippen LogP contribution in [0, 0.1) is 11.6 Å². The van der Waals surface area contributed by atoms with Gasteiger partial charge in [-0.05, 0) is 12.1 Å². The number of carbonyl (C=O) groups is 2. The van der Waals surface area contributed by atoms with Crippen LogP contribution in [0.2, 0.25) is 0 Å². The van der Waals surface area contributed by atoms with Crippen LogP contribution in [0.5, 0.6) is 0 Å². The van der Waals surface area contributed by atoms with Crippen molar-refractivity contribution in [2.24, 2.45) is 0 Å². The molecule has 0 radical (unpaired) electrons. The van der Waals surface area contributed by atoms with Gasteiger partial charge >= 0.3 is 0 Å². The lowest BCUT2D eigenvalue weighted by Gasteiger charge is -2.16. The minimum atomic E-state index is -1.21. The van der Waals surface area contributed by atoms with Gasteiger partial charge in [0.15, 0.2) is 11.6 Å². The van der Waals surface area contributed by atoms with Crippen LogP contribution < -0.4 is 5.32 Å². The predicted molar refractivity (Wildman–Crippen MR) is 57.4 cm³/mol. The summed E-state index contributed by atoms with van der Waals surface area (Å²) in [5, 5.41) is 2.33. The largest absolute Gasteiger partial charge is 0.358 e. The SMILES string of the molecule is CNC(=O)CN(C)C(=O)c1cccc(F)c1F. The molecule has 1 N–H and O–H groups in total. The Labute approximate surface area is 97.2 Å². The zero-order valence-electron chi connectivity index (χ0n) is 9.46. The van der Waals surface area contributed by atoms with E-state index in [9.17, 15) is 18.4 Å². The molecule has 1 aromatic rings. The van der Waals surface area contributed by atoms with Gasteiger partial charge in [0, 0.05) is 14.1 Å². The topological polar surface area (TPSA) is 49.4 Å². The van der Waals surface area contributed by atoms with E-state index in [0.717, 1.165) is 11.0 Å². The Morgan fingerprint density at radius 2 is 2.00 bits per heavy atom. The molecule has 92 valence electrons. The molecule has 1 rings (SSSR count). The molecule has 4 nitrogen and oxygen atoms in total. The van der Waals surface area contributed by atoms with Crippen molar-refractivity contribution in [3.05, 3.63) is 35.4 Å². The first-order valence-electron chi connectivity index (χ1n) is 4.87. The Hall–Kier alpha value is -1.98. The van der Waals surface area contributed by atoms with Gasteiger partial charge in [-0.15, -0.1) is 0 Å². The van der Waals surface area contributed by atoms with Gasteiger partial charge in [-0.3, -0.25) is 9.59 Å². The van der Waals surface area contributed by atoms with Crippen LogP contribution >= 0.6 is 0 Å². The highest BCUT2D eigenvalue weighted by atomic mass is 19.2. The monoisotopic (exact) mass is 242 g/mol. The van der Waals surface area contributed by atoms with Crippen LogP contribution in [-0.4, -0.2) is 37.4 Å². The molecule has 1 aromatic carbocycles. The van der Waals surface area contributed by atoms with E-state index in [4.69, 9.17) is 0 Å². The lowest BCUT2D eigenvalue weighted by atomic mass is 10.2. The van der Waals surface area contributed by atoms with Crippen molar-refractivity contribution < 1.29 is 18.4 Å². The van der Waals surface area contributed by atoms with E-state index in [1.165, 1.54) is 26.2 Å². The quantitative estimate of drug-likeness (QED) is 0.851. The Bertz CT molecular complexity index is 449. The van der Waals surface area contributed by atoms with Crippen molar-refractivity contribution in [1.29, 1.82) is 0 Å². The van der Waals surface area contributed by atoms with E-state index in [-0.39, 0.29) is 6.54 Å². The zero-order valence-corrected chi connectivity index (χ0v) is 9.46. The summed E-state index contributed by atoms with van der Waals surface area (Å²) in [6.45, 7) is -0.217. The number of halogens is 2. The molecule has 0 heterocycles. The van der Waals surface area contributed by atoms with Crippen LogP contribution in [0.15, 0.2) is 18.2 Å². The molecular weight excluding hydrogens is 230 g/mol. The van der Waals surface area contributed by atoms with Crippen molar-refractivity contribution in [1.82, 2.24) is 10.2 Å². The molecule has 0 saturated carbocycles. The van der Waals surface area contributed by atoms with Crippen LogP contribution in [0.4, 0.5) is 8.78 Å². The maximum absolute atomic E-state index is 13.3. The predicted octanol–water partition coefficient (Wildman–Crippen LogP) is 0.783. The Balaban J connectivity index is 2.89. The third-order valence-corrected chi connectivity index (χ3v) is 2.19. The molecule has 17 heavy (non-hydrogen) atoms. The van der Waals surface area contributed by atoms with Crippen LogP contribution in [0.1, 0.15) is 10.4 Å². The second-order valence-corrected chi connectivity index (χ2v) is 3.44. The average Bonchev–Trinajstić information content (AvgIpc) is 2.31. The second-order valence-electron chi connectivity index (χ2n) is 3.44. The van der Waals surface area contributed by atoms with Gasteiger partial charge in [0.25, 0.3) is 5.91 Å². The fourth-order valence-corrected chi connectivity index (χ4v) is 1.24. The fourth-order valence-electron chi connectivity index (χ4n) is 1.24. The number of nitrogens with zero attached hydrogens (tertiary/aromatic N) is 1. The van der Waals surface area contributed by atoms with Crippen molar-refractivity contribution in [3.8, 4) is 0 Å². The summed E-state index contributed by atoms with van der Waals surface area (Å²) in [6.07, 6.45) is 0. The normalized spacial score (nSPS) is 9.88. The summed E-state index contributed by atoms with van der Waals surface area (Å²) >= 11 is 0. The highest BCUT2D eigenvalue weighted by Gasteiger charge is 2.19. The molecule has 0 atom stereocenters. The zero-order chi connectivity index (χ0) is 13.0. The van der Waals surface area contributed by atoms with Gasteiger partial charge in [-0.1, -0.05) is 6.07 Å². The molecule has 0 aliphatic heterocycles. The first kappa shape index (κ1) is 13.1. The maximum Gasteiger partial charge on any atom is 0.257 e. The Kier molecular flexibility index (Phi) is 4.14. The van der Waals surface area contributed by atoms with Crippen molar-refractivity contribution in [2.45, 2.75) is 0 Å². The lowest BCUT2D eigenvalue weighted by molar-refractivity contribution is -0.121. The number of nitrogens with one attached hydrogen (secondary N) is 1. The number of rotatable bonds is 3. The standard InChI is InChI=1S/C11H12F2N2O2/c1-14-9(16)6-15(2)11(17)7-4-3-5-8(12)10(7)13/h3-5H,6H2,1-2H3,(H,14,16). The Morgan fingerprint density at radius 1 is 1.35 bits per heavy atom. The lowest BCUT2D eigenvalue weighted by Crippen LogP contribution is -2.37. The second kappa shape index (κ2) is 5.38. The number of carbonyl (C=O) groups excluding carboxylic acids is 2. The molecular formula is C11H12F2N2O2. The van der Waals surface area contributed by atoms with E-state index in [1.807, 2.05) is 0 Å². The first-order valence-corrected chi connectivity index (χ1v) is 4.87. The molecule has 0 spiro atoms.